The number of quaternary nitrogens is 1. The van der Waals surface area contributed by atoms with E-state index in [1.165, 1.54) is 28.5 Å². The molecule has 126 valence electrons. The second kappa shape index (κ2) is 6.65. The normalized spacial score (nSPS) is 16.2. The molecule has 1 aliphatic rings. The maximum Gasteiger partial charge on any atom is 0.280 e. The molecule has 0 fully saturated rings. The van der Waals surface area contributed by atoms with Crippen LogP contribution in [0.25, 0.3) is 6.08 Å². The largest absolute Gasteiger partial charge is 0.744 e. The fraction of sp³-hybridized carbons (Fsp3) is 0.0667. The van der Waals surface area contributed by atoms with Gasteiger partial charge in [0, 0.05) is 4.88 Å². The van der Waals surface area contributed by atoms with Gasteiger partial charge < -0.3 is 10.7 Å². The molecular weight excluding hydrogens is 350 g/mol. The molecule has 0 radical (unpaired) electrons. The van der Waals surface area contributed by atoms with Crippen molar-refractivity contribution in [1.82, 2.24) is 6.15 Å². The van der Waals surface area contributed by atoms with Crippen molar-refractivity contribution >= 4 is 44.8 Å². The molecule has 0 saturated heterocycles. The molecule has 1 amide bonds. The van der Waals surface area contributed by atoms with Gasteiger partial charge in [-0.1, -0.05) is 6.07 Å². The van der Waals surface area contributed by atoms with Crippen molar-refractivity contribution in [2.75, 3.05) is 5.01 Å². The predicted molar refractivity (Wildman–Crippen MR) is 93.3 cm³/mol. The quantitative estimate of drug-likeness (QED) is 0.662. The van der Waals surface area contributed by atoms with E-state index < -0.39 is 10.1 Å². The van der Waals surface area contributed by atoms with Gasteiger partial charge in [-0.3, -0.25) is 4.79 Å². The fourth-order valence-electron chi connectivity index (χ4n) is 2.13. The summed E-state index contributed by atoms with van der Waals surface area (Å²) >= 11 is 1.51. The second-order valence-electron chi connectivity index (χ2n) is 4.82. The molecule has 7 nitrogen and oxygen atoms in total. The number of hydrogen-bond donors (Lipinski definition) is 1. The van der Waals surface area contributed by atoms with Crippen LogP contribution in [0.2, 0.25) is 0 Å². The highest BCUT2D eigenvalue weighted by molar-refractivity contribution is 7.85. The van der Waals surface area contributed by atoms with Gasteiger partial charge >= 0.3 is 0 Å². The van der Waals surface area contributed by atoms with E-state index in [0.29, 0.717) is 17.0 Å². The topological polar surface area (TPSA) is 126 Å². The molecule has 9 heteroatoms. The molecule has 1 aromatic heterocycles. The first kappa shape index (κ1) is 18.0. The third-order valence-corrected chi connectivity index (χ3v) is 4.93. The number of benzene rings is 1. The van der Waals surface area contributed by atoms with Crippen LogP contribution in [0.5, 0.6) is 0 Å². The summed E-state index contributed by atoms with van der Waals surface area (Å²) < 4.78 is 32.8. The van der Waals surface area contributed by atoms with Gasteiger partial charge in [-0.15, -0.1) is 11.3 Å². The number of carbonyl (C=O) groups excluding carboxylic acids is 1. The Kier molecular flexibility index (Phi) is 4.99. The molecule has 1 aromatic carbocycles. The van der Waals surface area contributed by atoms with Gasteiger partial charge in [0.05, 0.1) is 21.9 Å². The van der Waals surface area contributed by atoms with Crippen molar-refractivity contribution in [3.8, 4) is 0 Å². The van der Waals surface area contributed by atoms with Gasteiger partial charge in [-0.25, -0.2) is 8.42 Å². The van der Waals surface area contributed by atoms with Crippen molar-refractivity contribution in [3.63, 3.8) is 0 Å². The summed E-state index contributed by atoms with van der Waals surface area (Å²) in [5.74, 6) is -0.298. The minimum atomic E-state index is -4.51. The van der Waals surface area contributed by atoms with Crippen molar-refractivity contribution in [3.05, 3.63) is 52.2 Å². The average molecular weight is 365 g/mol. The molecule has 1 aliphatic heterocycles. The van der Waals surface area contributed by atoms with E-state index in [4.69, 9.17) is 0 Å². The number of anilines is 1. The molecule has 0 unspecified atom stereocenters. The lowest BCUT2D eigenvalue weighted by atomic mass is 10.1. The Morgan fingerprint density at radius 1 is 1.21 bits per heavy atom. The number of carbonyl (C=O) groups is 1. The van der Waals surface area contributed by atoms with Crippen molar-refractivity contribution in [1.29, 1.82) is 0 Å². The highest BCUT2D eigenvalue weighted by atomic mass is 32.2. The number of thiophene rings is 1. The van der Waals surface area contributed by atoms with Gasteiger partial charge in [-0.05, 0) is 48.7 Å². The van der Waals surface area contributed by atoms with E-state index >= 15 is 0 Å². The van der Waals surface area contributed by atoms with Crippen LogP contribution >= 0.6 is 11.3 Å². The van der Waals surface area contributed by atoms with E-state index in [1.54, 1.807) is 13.0 Å². The maximum absolute atomic E-state index is 12.5. The van der Waals surface area contributed by atoms with E-state index in [-0.39, 0.29) is 17.0 Å². The predicted octanol–water partition coefficient (Wildman–Crippen LogP) is 2.83. The van der Waals surface area contributed by atoms with Gasteiger partial charge in [0.15, 0.2) is 0 Å². The van der Waals surface area contributed by atoms with Crippen molar-refractivity contribution < 1.29 is 17.8 Å². The summed E-state index contributed by atoms with van der Waals surface area (Å²) in [5, 5.41) is 7.31. The summed E-state index contributed by atoms with van der Waals surface area (Å²) in [6, 6.07) is 8.88. The first-order chi connectivity index (χ1) is 10.9. The number of amides is 1. The molecule has 0 bridgehead atoms. The van der Waals surface area contributed by atoms with E-state index in [2.05, 4.69) is 5.10 Å². The van der Waals surface area contributed by atoms with Gasteiger partial charge in [-0.2, -0.15) is 10.1 Å². The van der Waals surface area contributed by atoms with Crippen LogP contribution in [0.4, 0.5) is 5.69 Å². The zero-order chi connectivity index (χ0) is 16.6. The SMILES string of the molecule is CC1=NN(c2ccc(S(=O)(=O)[O-])cc2)C(=O)C1=Cc1cccs1.[NH4+]. The van der Waals surface area contributed by atoms with E-state index in [9.17, 15) is 17.8 Å². The van der Waals surface area contributed by atoms with Crippen LogP contribution in [-0.4, -0.2) is 24.6 Å². The summed E-state index contributed by atoms with van der Waals surface area (Å²) in [7, 11) is -4.51. The van der Waals surface area contributed by atoms with Crippen LogP contribution in [0.15, 0.2) is 57.3 Å². The average Bonchev–Trinajstić information content (AvgIpc) is 3.10. The number of rotatable bonds is 3. The molecule has 4 N–H and O–H groups in total. The lowest BCUT2D eigenvalue weighted by molar-refractivity contribution is -0.114. The molecular formula is C15H15N3O4S2. The zero-order valence-electron chi connectivity index (χ0n) is 13.0. The Hall–Kier alpha value is -2.33. The minimum Gasteiger partial charge on any atom is -0.744 e. The minimum absolute atomic E-state index is 0. The molecule has 0 atom stereocenters. The van der Waals surface area contributed by atoms with Crippen LogP contribution in [0.3, 0.4) is 0 Å². The first-order valence-electron chi connectivity index (χ1n) is 6.57. The van der Waals surface area contributed by atoms with Gasteiger partial charge in [0.1, 0.15) is 10.1 Å². The summed E-state index contributed by atoms with van der Waals surface area (Å²) in [6.07, 6.45) is 1.77. The lowest BCUT2D eigenvalue weighted by Crippen LogP contribution is -2.21. The summed E-state index contributed by atoms with van der Waals surface area (Å²) in [4.78, 5) is 13.1. The first-order valence-corrected chi connectivity index (χ1v) is 8.86. The van der Waals surface area contributed by atoms with Crippen LogP contribution in [0, 0.1) is 0 Å². The highest BCUT2D eigenvalue weighted by Crippen LogP contribution is 2.26. The van der Waals surface area contributed by atoms with Crippen molar-refractivity contribution in [2.45, 2.75) is 11.8 Å². The summed E-state index contributed by atoms with van der Waals surface area (Å²) in [6.45, 7) is 1.73. The molecule has 3 rings (SSSR count). The third kappa shape index (κ3) is 3.44. The molecule has 2 aromatic rings. The van der Waals surface area contributed by atoms with Crippen LogP contribution in [-0.2, 0) is 14.9 Å². The van der Waals surface area contributed by atoms with Crippen LogP contribution in [0.1, 0.15) is 11.8 Å². The second-order valence-corrected chi connectivity index (χ2v) is 7.18. The van der Waals surface area contributed by atoms with Crippen LogP contribution < -0.4 is 11.2 Å². The smallest absolute Gasteiger partial charge is 0.280 e. The Balaban J connectivity index is 0.00000208. The third-order valence-electron chi connectivity index (χ3n) is 3.26. The molecule has 24 heavy (non-hydrogen) atoms. The summed E-state index contributed by atoms with van der Waals surface area (Å²) in [5.41, 5.74) is 1.45. The standard InChI is InChI=1S/C15H12N2O4S2.H3N/c1-10-14(9-12-3-2-8-22-12)15(18)17(16-10)11-4-6-13(7-5-11)23(19,20)21;/h2-9H,1H3,(H,19,20,21);1H3. The Morgan fingerprint density at radius 2 is 1.88 bits per heavy atom. The number of hydrazone groups is 1. The zero-order valence-corrected chi connectivity index (χ0v) is 14.6. The molecule has 0 aliphatic carbocycles. The monoisotopic (exact) mass is 365 g/mol. The fourth-order valence-corrected chi connectivity index (χ4v) is 3.26. The Bertz CT molecular complexity index is 914. The molecule has 0 spiro atoms. The number of hydrogen-bond acceptors (Lipinski definition) is 6. The lowest BCUT2D eigenvalue weighted by Gasteiger charge is -2.13. The van der Waals surface area contributed by atoms with E-state index in [1.807, 2.05) is 17.5 Å². The maximum atomic E-state index is 12.5. The molecule has 2 heterocycles. The van der Waals surface area contributed by atoms with Gasteiger partial charge in [0.25, 0.3) is 5.91 Å². The highest BCUT2D eigenvalue weighted by Gasteiger charge is 2.28. The number of nitrogens with zero attached hydrogens (tertiary/aromatic N) is 2. The Morgan fingerprint density at radius 3 is 2.42 bits per heavy atom. The van der Waals surface area contributed by atoms with E-state index in [0.717, 1.165) is 17.0 Å². The Labute approximate surface area is 143 Å². The van der Waals surface area contributed by atoms with Crippen molar-refractivity contribution in [2.24, 2.45) is 5.10 Å². The molecule has 0 saturated carbocycles. The van der Waals surface area contributed by atoms with Gasteiger partial charge in [0.2, 0.25) is 0 Å².